The van der Waals surface area contributed by atoms with Gasteiger partial charge in [-0.3, -0.25) is 9.59 Å². The number of nitrogens with zero attached hydrogens (tertiary/aromatic N) is 3. The largest absolute Gasteiger partial charge is 0.459 e. The molecular weight excluding hydrogens is 426 g/mol. The van der Waals surface area contributed by atoms with E-state index in [2.05, 4.69) is 4.90 Å². The van der Waals surface area contributed by atoms with E-state index in [-0.39, 0.29) is 17.6 Å². The molecular formula is C25H24ClN3O3. The second-order valence-corrected chi connectivity index (χ2v) is 8.63. The quantitative estimate of drug-likeness (QED) is 0.609. The highest BCUT2D eigenvalue weighted by atomic mass is 35.5. The van der Waals surface area contributed by atoms with Crippen LogP contribution < -0.4 is 4.90 Å². The Kier molecular flexibility index (Phi) is 5.62. The molecule has 1 fully saturated rings. The van der Waals surface area contributed by atoms with E-state index >= 15 is 0 Å². The van der Waals surface area contributed by atoms with Crippen molar-refractivity contribution < 1.29 is 14.0 Å². The maximum atomic E-state index is 13.6. The molecule has 0 bridgehead atoms. The van der Waals surface area contributed by atoms with Gasteiger partial charge in [0.2, 0.25) is 5.91 Å². The molecule has 0 aliphatic carbocycles. The molecule has 1 saturated heterocycles. The van der Waals surface area contributed by atoms with Crippen molar-refractivity contribution in [2.75, 3.05) is 31.1 Å². The molecule has 2 aromatic carbocycles. The lowest BCUT2D eigenvalue weighted by atomic mass is 9.92. The van der Waals surface area contributed by atoms with Crippen LogP contribution in [0.2, 0.25) is 5.02 Å². The van der Waals surface area contributed by atoms with Crippen molar-refractivity contribution >= 4 is 29.1 Å². The van der Waals surface area contributed by atoms with E-state index in [1.807, 2.05) is 53.4 Å². The molecule has 0 radical (unpaired) electrons. The second kappa shape index (κ2) is 8.71. The number of hydrogen-bond donors (Lipinski definition) is 0. The lowest BCUT2D eigenvalue weighted by molar-refractivity contribution is -0.137. The summed E-state index contributed by atoms with van der Waals surface area (Å²) < 4.78 is 5.35. The molecule has 2 aliphatic heterocycles. The molecule has 32 heavy (non-hydrogen) atoms. The number of halogens is 1. The van der Waals surface area contributed by atoms with Crippen LogP contribution in [0, 0.1) is 0 Å². The lowest BCUT2D eigenvalue weighted by Gasteiger charge is -2.41. The molecule has 5 rings (SSSR count). The Morgan fingerprint density at radius 3 is 2.41 bits per heavy atom. The third-order valence-electron chi connectivity index (χ3n) is 6.29. The van der Waals surface area contributed by atoms with Crippen molar-refractivity contribution in [1.82, 2.24) is 9.80 Å². The minimum absolute atomic E-state index is 0.00912. The number of fused-ring (bicyclic) bond motifs is 1. The van der Waals surface area contributed by atoms with Gasteiger partial charge in [-0.15, -0.1) is 0 Å². The Hall–Kier alpha value is -3.25. The first-order valence-corrected chi connectivity index (χ1v) is 11.2. The van der Waals surface area contributed by atoms with E-state index < -0.39 is 6.04 Å². The fraction of sp³-hybridized carbons (Fsp3) is 0.280. The number of piperazine rings is 1. The number of anilines is 1. The van der Waals surface area contributed by atoms with Gasteiger partial charge in [0, 0.05) is 49.9 Å². The second-order valence-electron chi connectivity index (χ2n) is 8.19. The van der Waals surface area contributed by atoms with Crippen LogP contribution in [0.25, 0.3) is 0 Å². The van der Waals surface area contributed by atoms with Crippen molar-refractivity contribution in [1.29, 1.82) is 0 Å². The summed E-state index contributed by atoms with van der Waals surface area (Å²) in [6.07, 6.45) is 1.99. The van der Waals surface area contributed by atoms with Gasteiger partial charge in [0.05, 0.1) is 6.26 Å². The number of rotatable bonds is 3. The number of hydrogen-bond acceptors (Lipinski definition) is 4. The van der Waals surface area contributed by atoms with Gasteiger partial charge in [0.15, 0.2) is 5.76 Å². The Morgan fingerprint density at radius 2 is 1.69 bits per heavy atom. The average molecular weight is 450 g/mol. The number of amides is 2. The van der Waals surface area contributed by atoms with E-state index in [0.29, 0.717) is 31.1 Å². The molecule has 0 N–H and O–H groups in total. The van der Waals surface area contributed by atoms with Gasteiger partial charge in [0.1, 0.15) is 6.04 Å². The van der Waals surface area contributed by atoms with Crippen LogP contribution in [-0.2, 0) is 17.8 Å². The molecule has 2 aliphatic rings. The highest BCUT2D eigenvalue weighted by Crippen LogP contribution is 2.27. The molecule has 1 atom stereocenters. The minimum Gasteiger partial charge on any atom is -0.459 e. The van der Waals surface area contributed by atoms with Crippen LogP contribution in [0.15, 0.2) is 71.3 Å². The van der Waals surface area contributed by atoms with E-state index in [1.54, 1.807) is 17.0 Å². The van der Waals surface area contributed by atoms with Crippen molar-refractivity contribution in [2.24, 2.45) is 0 Å². The number of carbonyl (C=O) groups is 2. The molecule has 3 heterocycles. The zero-order valence-corrected chi connectivity index (χ0v) is 18.4. The van der Waals surface area contributed by atoms with Crippen molar-refractivity contribution in [3.8, 4) is 0 Å². The summed E-state index contributed by atoms with van der Waals surface area (Å²) in [4.78, 5) is 32.6. The highest BCUT2D eigenvalue weighted by molar-refractivity contribution is 6.30. The summed E-state index contributed by atoms with van der Waals surface area (Å²) in [5.41, 5.74) is 3.25. The fourth-order valence-corrected chi connectivity index (χ4v) is 4.75. The van der Waals surface area contributed by atoms with E-state index in [4.69, 9.17) is 16.0 Å². The molecule has 164 valence electrons. The highest BCUT2D eigenvalue weighted by Gasteiger charge is 2.38. The van der Waals surface area contributed by atoms with Gasteiger partial charge in [-0.25, -0.2) is 0 Å². The Morgan fingerprint density at radius 1 is 0.906 bits per heavy atom. The lowest BCUT2D eigenvalue weighted by Crippen LogP contribution is -2.57. The summed E-state index contributed by atoms with van der Waals surface area (Å²) >= 11 is 6.14. The Bertz CT molecular complexity index is 1120. The van der Waals surface area contributed by atoms with Gasteiger partial charge in [-0.05, 0) is 41.5 Å². The monoisotopic (exact) mass is 449 g/mol. The standard InChI is InChI=1S/C25H24ClN3O3/c26-20-7-3-8-21(16-20)27-10-12-28(13-11-27)24(30)22-15-18-5-1-2-6-19(18)17-29(22)25(31)23-9-4-14-32-23/h1-9,14,16,22H,10-13,15,17H2. The summed E-state index contributed by atoms with van der Waals surface area (Å²) in [6.45, 7) is 3.05. The number of furan rings is 1. The van der Waals surface area contributed by atoms with Gasteiger partial charge in [-0.1, -0.05) is 41.9 Å². The smallest absolute Gasteiger partial charge is 0.290 e. The molecule has 1 aromatic heterocycles. The Labute approximate surface area is 192 Å². The molecule has 3 aromatic rings. The normalized spacial score (nSPS) is 18.4. The summed E-state index contributed by atoms with van der Waals surface area (Å²) in [7, 11) is 0. The number of carbonyl (C=O) groups excluding carboxylic acids is 2. The molecule has 0 saturated carbocycles. The summed E-state index contributed by atoms with van der Waals surface area (Å²) in [6, 6.07) is 18.6. The van der Waals surface area contributed by atoms with E-state index in [1.165, 1.54) is 6.26 Å². The van der Waals surface area contributed by atoms with Gasteiger partial charge >= 0.3 is 0 Å². The zero-order valence-electron chi connectivity index (χ0n) is 17.6. The minimum atomic E-state index is -0.541. The van der Waals surface area contributed by atoms with Crippen molar-refractivity contribution in [3.05, 3.63) is 88.8 Å². The van der Waals surface area contributed by atoms with Crippen LogP contribution in [0.5, 0.6) is 0 Å². The first-order valence-electron chi connectivity index (χ1n) is 10.8. The van der Waals surface area contributed by atoms with Crippen LogP contribution >= 0.6 is 11.6 Å². The molecule has 0 spiro atoms. The maximum absolute atomic E-state index is 13.6. The third kappa shape index (κ3) is 3.98. The van der Waals surface area contributed by atoms with Crippen LogP contribution in [0.1, 0.15) is 21.7 Å². The first kappa shape index (κ1) is 20.6. The third-order valence-corrected chi connectivity index (χ3v) is 6.53. The van der Waals surface area contributed by atoms with Gasteiger partial charge < -0.3 is 19.1 Å². The van der Waals surface area contributed by atoms with Gasteiger partial charge in [0.25, 0.3) is 5.91 Å². The van der Waals surface area contributed by atoms with Crippen LogP contribution in [-0.4, -0.2) is 53.8 Å². The maximum Gasteiger partial charge on any atom is 0.290 e. The van der Waals surface area contributed by atoms with Crippen LogP contribution in [0.3, 0.4) is 0 Å². The SMILES string of the molecule is O=C(C1Cc2ccccc2CN1C(=O)c1ccco1)N1CCN(c2cccc(Cl)c2)CC1. The molecule has 7 heteroatoms. The van der Waals surface area contributed by atoms with Crippen LogP contribution in [0.4, 0.5) is 5.69 Å². The van der Waals surface area contributed by atoms with Gasteiger partial charge in [-0.2, -0.15) is 0 Å². The molecule has 6 nitrogen and oxygen atoms in total. The molecule has 2 amide bonds. The summed E-state index contributed by atoms with van der Waals surface area (Å²) in [5.74, 6) is -0.00136. The van der Waals surface area contributed by atoms with Crippen molar-refractivity contribution in [3.63, 3.8) is 0 Å². The topological polar surface area (TPSA) is 57.0 Å². The van der Waals surface area contributed by atoms with E-state index in [0.717, 1.165) is 29.9 Å². The predicted octanol–water partition coefficient (Wildman–Crippen LogP) is 3.85. The average Bonchev–Trinajstić information content (AvgIpc) is 3.37. The zero-order chi connectivity index (χ0) is 22.1. The summed E-state index contributed by atoms with van der Waals surface area (Å²) in [5, 5.41) is 0.703. The van der Waals surface area contributed by atoms with E-state index in [9.17, 15) is 9.59 Å². The first-order chi connectivity index (χ1) is 15.6. The van der Waals surface area contributed by atoms with Crippen molar-refractivity contribution in [2.45, 2.75) is 19.0 Å². The number of benzene rings is 2. The predicted molar refractivity (Wildman–Crippen MR) is 123 cm³/mol. The molecule has 1 unspecified atom stereocenters. The Balaban J connectivity index is 1.34. The fourth-order valence-electron chi connectivity index (χ4n) is 4.57.